The third kappa shape index (κ3) is 2.52. The first kappa shape index (κ1) is 16.7. The Morgan fingerprint density at radius 1 is 1.04 bits per heavy atom. The highest BCUT2D eigenvalue weighted by atomic mass is 16.2. The van der Waals surface area contributed by atoms with E-state index in [4.69, 9.17) is 5.10 Å². The van der Waals surface area contributed by atoms with Crippen LogP contribution < -0.4 is 10.2 Å². The number of hydrogen-bond acceptors (Lipinski definition) is 3. The van der Waals surface area contributed by atoms with Crippen LogP contribution in [0, 0.1) is 6.92 Å². The molecule has 2 aromatic carbocycles. The fourth-order valence-corrected chi connectivity index (χ4v) is 4.15. The number of nitrogens with zero attached hydrogens (tertiary/aromatic N) is 3. The van der Waals surface area contributed by atoms with Gasteiger partial charge in [-0.3, -0.25) is 14.5 Å². The fourth-order valence-electron chi connectivity index (χ4n) is 4.15. The molecule has 6 heteroatoms. The molecule has 2 aliphatic rings. The molecule has 2 amide bonds. The van der Waals surface area contributed by atoms with Crippen molar-refractivity contribution in [2.45, 2.75) is 26.2 Å². The lowest BCUT2D eigenvalue weighted by atomic mass is 10.1. The molecule has 1 N–H and O–H groups in total. The number of anilines is 2. The average Bonchev–Trinajstić information content (AvgIpc) is 3.30. The molecule has 1 aliphatic heterocycles. The van der Waals surface area contributed by atoms with Gasteiger partial charge in [-0.25, -0.2) is 4.68 Å². The number of nitrogens with one attached hydrogen (secondary N) is 1. The molecule has 1 aliphatic carbocycles. The van der Waals surface area contributed by atoms with Gasteiger partial charge < -0.3 is 5.32 Å². The summed E-state index contributed by atoms with van der Waals surface area (Å²) in [6.07, 6.45) is 2.75. The van der Waals surface area contributed by atoms with Crippen LogP contribution in [0.2, 0.25) is 0 Å². The summed E-state index contributed by atoms with van der Waals surface area (Å²) in [5.74, 6) is -0.408. The first-order valence-electron chi connectivity index (χ1n) is 9.51. The molecule has 0 fully saturated rings. The zero-order valence-corrected chi connectivity index (χ0v) is 15.6. The highest BCUT2D eigenvalue weighted by Crippen LogP contribution is 2.33. The molecule has 5 rings (SSSR count). The predicted molar refractivity (Wildman–Crippen MR) is 107 cm³/mol. The molecule has 6 nitrogen and oxygen atoms in total. The van der Waals surface area contributed by atoms with Crippen LogP contribution in [0.15, 0.2) is 48.5 Å². The zero-order valence-electron chi connectivity index (χ0n) is 15.6. The molecule has 3 aromatic rings. The van der Waals surface area contributed by atoms with Crippen molar-refractivity contribution >= 4 is 23.2 Å². The minimum Gasteiger partial charge on any atom is -0.323 e. The van der Waals surface area contributed by atoms with Gasteiger partial charge in [0, 0.05) is 11.3 Å². The smallest absolute Gasteiger partial charge is 0.279 e. The van der Waals surface area contributed by atoms with Gasteiger partial charge in [0.05, 0.1) is 17.1 Å². The Hall–Kier alpha value is -3.41. The van der Waals surface area contributed by atoms with Gasteiger partial charge in [0.25, 0.3) is 5.91 Å². The molecule has 0 spiro atoms. The lowest BCUT2D eigenvalue weighted by Gasteiger charge is -2.28. The second kappa shape index (κ2) is 6.34. The van der Waals surface area contributed by atoms with Crippen LogP contribution in [0.4, 0.5) is 11.4 Å². The van der Waals surface area contributed by atoms with E-state index in [1.54, 1.807) is 0 Å². The van der Waals surface area contributed by atoms with Gasteiger partial charge in [-0.05, 0) is 49.9 Å². The minimum absolute atomic E-state index is 0.00183. The summed E-state index contributed by atoms with van der Waals surface area (Å²) in [6.45, 7) is 2.05. The predicted octanol–water partition coefficient (Wildman–Crippen LogP) is 3.27. The van der Waals surface area contributed by atoms with E-state index < -0.39 is 0 Å². The normalized spacial score (nSPS) is 15.2. The number of carbonyl (C=O) groups excluding carboxylic acids is 2. The molecule has 0 bridgehead atoms. The monoisotopic (exact) mass is 372 g/mol. The Morgan fingerprint density at radius 2 is 1.79 bits per heavy atom. The maximum absolute atomic E-state index is 13.5. The van der Waals surface area contributed by atoms with Gasteiger partial charge in [0.2, 0.25) is 5.91 Å². The van der Waals surface area contributed by atoms with Gasteiger partial charge in [0.1, 0.15) is 6.54 Å². The minimum atomic E-state index is -0.215. The summed E-state index contributed by atoms with van der Waals surface area (Å²) in [4.78, 5) is 27.2. The van der Waals surface area contributed by atoms with Crippen molar-refractivity contribution in [2.24, 2.45) is 0 Å². The number of amides is 2. The standard InChI is InChI=1S/C22H20N4O2/c1-14-7-2-4-10-17(14)26-18-12-6-8-15(18)21(24-26)22(28)25-13-20(27)23-16-9-3-5-11-19(16)25/h2-5,7,9-11H,6,8,12-13H2,1H3,(H,23,27). The molecule has 0 unspecified atom stereocenters. The van der Waals surface area contributed by atoms with Gasteiger partial charge in [-0.15, -0.1) is 0 Å². The van der Waals surface area contributed by atoms with Crippen LogP contribution in [0.1, 0.15) is 33.7 Å². The Morgan fingerprint density at radius 3 is 2.61 bits per heavy atom. The van der Waals surface area contributed by atoms with Crippen molar-refractivity contribution < 1.29 is 9.59 Å². The summed E-state index contributed by atoms with van der Waals surface area (Å²) >= 11 is 0. The molecule has 0 saturated carbocycles. The molecule has 0 atom stereocenters. The van der Waals surface area contributed by atoms with Gasteiger partial charge >= 0.3 is 0 Å². The second-order valence-corrected chi connectivity index (χ2v) is 7.28. The number of fused-ring (bicyclic) bond motifs is 2. The zero-order chi connectivity index (χ0) is 19.3. The second-order valence-electron chi connectivity index (χ2n) is 7.28. The van der Waals surface area contributed by atoms with Crippen LogP contribution >= 0.6 is 0 Å². The quantitative estimate of drug-likeness (QED) is 0.751. The summed E-state index contributed by atoms with van der Waals surface area (Å²) in [7, 11) is 0. The average molecular weight is 372 g/mol. The SMILES string of the molecule is Cc1ccccc1-n1nc(C(=O)N2CC(=O)Nc3ccccc32)c2c1CCC2. The molecule has 28 heavy (non-hydrogen) atoms. The topological polar surface area (TPSA) is 67.2 Å². The number of carbonyl (C=O) groups is 2. The first-order chi connectivity index (χ1) is 13.6. The Labute approximate surface area is 162 Å². The third-order valence-corrected chi connectivity index (χ3v) is 5.49. The maximum atomic E-state index is 13.5. The van der Waals surface area contributed by atoms with Crippen LogP contribution in [0.5, 0.6) is 0 Å². The van der Waals surface area contributed by atoms with Crippen molar-refractivity contribution in [2.75, 3.05) is 16.8 Å². The van der Waals surface area contributed by atoms with E-state index in [9.17, 15) is 9.59 Å². The highest BCUT2D eigenvalue weighted by molar-refractivity contribution is 6.15. The number of aryl methyl sites for hydroxylation is 1. The van der Waals surface area contributed by atoms with Crippen LogP contribution in [-0.2, 0) is 17.6 Å². The molecule has 1 aromatic heterocycles. The fraction of sp³-hybridized carbons (Fsp3) is 0.227. The Balaban J connectivity index is 1.62. The third-order valence-electron chi connectivity index (χ3n) is 5.49. The number of aromatic nitrogens is 2. The van der Waals surface area contributed by atoms with E-state index in [2.05, 4.69) is 5.32 Å². The number of rotatable bonds is 2. The van der Waals surface area contributed by atoms with E-state index in [1.165, 1.54) is 4.90 Å². The Bertz CT molecular complexity index is 1120. The van der Waals surface area contributed by atoms with Crippen molar-refractivity contribution in [1.82, 2.24) is 9.78 Å². The number of para-hydroxylation sites is 3. The van der Waals surface area contributed by atoms with Crippen LogP contribution in [-0.4, -0.2) is 28.1 Å². The lowest BCUT2D eigenvalue weighted by molar-refractivity contribution is -0.115. The van der Waals surface area contributed by atoms with E-state index in [-0.39, 0.29) is 18.4 Å². The van der Waals surface area contributed by atoms with Gasteiger partial charge in [-0.2, -0.15) is 5.10 Å². The molecule has 0 saturated heterocycles. The number of hydrogen-bond donors (Lipinski definition) is 1. The highest BCUT2D eigenvalue weighted by Gasteiger charge is 2.33. The first-order valence-corrected chi connectivity index (χ1v) is 9.51. The molecular weight excluding hydrogens is 352 g/mol. The molecular formula is C22H20N4O2. The summed E-state index contributed by atoms with van der Waals surface area (Å²) in [5, 5.41) is 7.56. The van der Waals surface area contributed by atoms with Crippen molar-refractivity contribution in [3.05, 3.63) is 71.0 Å². The van der Waals surface area contributed by atoms with Crippen molar-refractivity contribution in [1.29, 1.82) is 0 Å². The van der Waals surface area contributed by atoms with E-state index in [1.807, 2.05) is 60.1 Å². The summed E-state index contributed by atoms with van der Waals surface area (Å²) < 4.78 is 1.92. The molecule has 140 valence electrons. The largest absolute Gasteiger partial charge is 0.323 e. The number of benzene rings is 2. The van der Waals surface area contributed by atoms with Gasteiger partial charge in [0.15, 0.2) is 5.69 Å². The summed E-state index contributed by atoms with van der Waals surface area (Å²) in [5.41, 5.74) is 6.05. The molecule has 2 heterocycles. The molecule has 0 radical (unpaired) electrons. The Kier molecular flexibility index (Phi) is 3.79. The van der Waals surface area contributed by atoms with Gasteiger partial charge in [-0.1, -0.05) is 30.3 Å². The van der Waals surface area contributed by atoms with E-state index in [0.29, 0.717) is 17.1 Å². The van der Waals surface area contributed by atoms with E-state index >= 15 is 0 Å². The maximum Gasteiger partial charge on any atom is 0.279 e. The van der Waals surface area contributed by atoms with Crippen molar-refractivity contribution in [3.8, 4) is 5.69 Å². The van der Waals surface area contributed by atoms with E-state index in [0.717, 1.165) is 41.8 Å². The van der Waals surface area contributed by atoms with Crippen LogP contribution in [0.25, 0.3) is 5.69 Å². The van der Waals surface area contributed by atoms with Crippen LogP contribution in [0.3, 0.4) is 0 Å². The summed E-state index contributed by atoms with van der Waals surface area (Å²) in [6, 6.07) is 15.4. The van der Waals surface area contributed by atoms with Crippen molar-refractivity contribution in [3.63, 3.8) is 0 Å². The lowest BCUT2D eigenvalue weighted by Crippen LogP contribution is -2.42.